The molecule has 0 saturated heterocycles. The maximum Gasteiger partial charge on any atom is 0.313 e. The predicted molar refractivity (Wildman–Crippen MR) is 100 cm³/mol. The van der Waals surface area contributed by atoms with Gasteiger partial charge in [-0.05, 0) is 45.3 Å². The van der Waals surface area contributed by atoms with Gasteiger partial charge in [-0.25, -0.2) is 0 Å². The average molecular weight is 357 g/mol. The van der Waals surface area contributed by atoms with Crippen LogP contribution >= 0.6 is 0 Å². The van der Waals surface area contributed by atoms with Crippen molar-refractivity contribution in [2.24, 2.45) is 11.3 Å². The van der Waals surface area contributed by atoms with Crippen LogP contribution in [-0.4, -0.2) is 33.3 Å². The van der Waals surface area contributed by atoms with E-state index in [0.717, 1.165) is 6.42 Å². The van der Waals surface area contributed by atoms with Crippen LogP contribution in [0, 0.1) is 11.3 Å². The van der Waals surface area contributed by atoms with E-state index in [-0.39, 0.29) is 23.0 Å². The zero-order valence-corrected chi connectivity index (χ0v) is 17.9. The molecular formula is C19H36O4Si. The minimum absolute atomic E-state index is 0.0976. The quantitative estimate of drug-likeness (QED) is 0.399. The zero-order chi connectivity index (χ0) is 18.8. The van der Waals surface area contributed by atoms with E-state index < -0.39 is 20.0 Å². The molecule has 3 atom stereocenters. The Balaban J connectivity index is 2.72. The molecule has 0 aromatic carbocycles. The number of hydrogen-bond acceptors (Lipinski definition) is 4. The second-order valence-corrected chi connectivity index (χ2v) is 14.0. The highest BCUT2D eigenvalue weighted by atomic mass is 28.4. The number of ether oxygens (including phenoxy) is 2. The Hall–Kier alpha value is -0.653. The molecule has 4 nitrogen and oxygen atoms in total. The molecule has 0 aliphatic carbocycles. The molecule has 1 aliphatic rings. The van der Waals surface area contributed by atoms with Gasteiger partial charge in [-0.15, -0.1) is 0 Å². The van der Waals surface area contributed by atoms with E-state index in [1.165, 1.54) is 0 Å². The number of carbonyl (C=O) groups excluding carboxylic acids is 1. The maximum atomic E-state index is 12.2. The molecule has 0 fully saturated rings. The average Bonchev–Trinajstić information content (AvgIpc) is 2.43. The molecular weight excluding hydrogens is 320 g/mol. The molecule has 0 radical (unpaired) electrons. The molecule has 1 heterocycles. The smallest absolute Gasteiger partial charge is 0.313 e. The first kappa shape index (κ1) is 21.4. The lowest BCUT2D eigenvalue weighted by Gasteiger charge is -2.38. The molecule has 0 amide bonds. The van der Waals surface area contributed by atoms with Crippen LogP contribution < -0.4 is 0 Å². The Morgan fingerprint density at radius 3 is 2.17 bits per heavy atom. The summed E-state index contributed by atoms with van der Waals surface area (Å²) in [5, 5.41) is 0.162. The third-order valence-electron chi connectivity index (χ3n) is 4.95. The normalized spacial score (nSPS) is 25.6. The summed E-state index contributed by atoms with van der Waals surface area (Å²) in [6, 6.07) is 0. The van der Waals surface area contributed by atoms with Crippen LogP contribution in [0.1, 0.15) is 54.9 Å². The third kappa shape index (κ3) is 5.71. The predicted octanol–water partition coefficient (Wildman–Crippen LogP) is 4.90. The molecule has 0 spiro atoms. The van der Waals surface area contributed by atoms with Crippen LogP contribution in [-0.2, 0) is 18.7 Å². The van der Waals surface area contributed by atoms with Crippen molar-refractivity contribution in [1.82, 2.24) is 0 Å². The van der Waals surface area contributed by atoms with Crippen LogP contribution in [0.4, 0.5) is 0 Å². The first-order chi connectivity index (χ1) is 10.8. The molecule has 0 aromatic heterocycles. The SMILES string of the molecule is CC[C@H]1C=C[C@@H](CO[Si](C)(C)C(C)(C)C)O[C@@H]1OC(=O)C(C)(C)C. The van der Waals surface area contributed by atoms with Crippen molar-refractivity contribution in [2.75, 3.05) is 6.61 Å². The molecule has 140 valence electrons. The van der Waals surface area contributed by atoms with E-state index in [4.69, 9.17) is 13.9 Å². The minimum atomic E-state index is -1.82. The fourth-order valence-corrected chi connectivity index (χ4v) is 3.02. The number of carbonyl (C=O) groups is 1. The summed E-state index contributed by atoms with van der Waals surface area (Å²) in [6.07, 6.45) is 4.32. The molecule has 1 rings (SSSR count). The molecule has 0 saturated carbocycles. The fourth-order valence-electron chi connectivity index (χ4n) is 2.00. The molecule has 1 aliphatic heterocycles. The Bertz CT molecular complexity index is 457. The second kappa shape index (κ2) is 7.71. The largest absolute Gasteiger partial charge is 0.435 e. The summed E-state index contributed by atoms with van der Waals surface area (Å²) in [5.74, 6) is -0.134. The maximum absolute atomic E-state index is 12.2. The van der Waals surface area contributed by atoms with Crippen molar-refractivity contribution >= 4 is 14.3 Å². The molecule has 0 N–H and O–H groups in total. The monoisotopic (exact) mass is 356 g/mol. The third-order valence-corrected chi connectivity index (χ3v) is 9.45. The van der Waals surface area contributed by atoms with E-state index in [1.54, 1.807) is 0 Å². The van der Waals surface area contributed by atoms with Gasteiger partial charge in [0.25, 0.3) is 0 Å². The molecule has 0 bridgehead atoms. The van der Waals surface area contributed by atoms with Crippen molar-refractivity contribution in [3.63, 3.8) is 0 Å². The first-order valence-corrected chi connectivity index (χ1v) is 11.9. The summed E-state index contributed by atoms with van der Waals surface area (Å²) in [4.78, 5) is 12.2. The molecule has 5 heteroatoms. The Morgan fingerprint density at radius 2 is 1.71 bits per heavy atom. The Morgan fingerprint density at radius 1 is 1.12 bits per heavy atom. The van der Waals surface area contributed by atoms with Crippen LogP contribution in [0.5, 0.6) is 0 Å². The standard InChI is InChI=1S/C19H36O4Si/c1-10-14-11-12-15(13-21-24(8,9)19(5,6)7)22-16(14)23-17(20)18(2,3)4/h11-12,14-16H,10,13H2,1-9H3/t14-,15-,16+/m0/s1. The van der Waals surface area contributed by atoms with Gasteiger partial charge in [-0.3, -0.25) is 4.79 Å². The number of rotatable bonds is 5. The lowest BCUT2D eigenvalue weighted by Crippen LogP contribution is -2.45. The highest BCUT2D eigenvalue weighted by Gasteiger charge is 2.39. The Labute approximate surface area is 149 Å². The fraction of sp³-hybridized carbons (Fsp3) is 0.842. The van der Waals surface area contributed by atoms with Crippen molar-refractivity contribution in [3.8, 4) is 0 Å². The highest BCUT2D eigenvalue weighted by molar-refractivity contribution is 6.74. The van der Waals surface area contributed by atoms with E-state index in [0.29, 0.717) is 6.61 Å². The molecule has 0 unspecified atom stereocenters. The lowest BCUT2D eigenvalue weighted by molar-refractivity contribution is -0.209. The molecule has 0 aromatic rings. The van der Waals surface area contributed by atoms with E-state index >= 15 is 0 Å². The van der Waals surface area contributed by atoms with Crippen molar-refractivity contribution < 1.29 is 18.7 Å². The first-order valence-electron chi connectivity index (χ1n) is 8.97. The van der Waals surface area contributed by atoms with Crippen LogP contribution in [0.15, 0.2) is 12.2 Å². The van der Waals surface area contributed by atoms with Crippen molar-refractivity contribution in [2.45, 2.75) is 85.4 Å². The van der Waals surface area contributed by atoms with Gasteiger partial charge in [0.1, 0.15) is 6.10 Å². The summed E-state index contributed by atoms with van der Waals surface area (Å²) >= 11 is 0. The van der Waals surface area contributed by atoms with Crippen molar-refractivity contribution in [1.29, 1.82) is 0 Å². The van der Waals surface area contributed by atoms with Crippen LogP contribution in [0.3, 0.4) is 0 Å². The topological polar surface area (TPSA) is 44.8 Å². The number of hydrogen-bond donors (Lipinski definition) is 0. The van der Waals surface area contributed by atoms with Crippen LogP contribution in [0.25, 0.3) is 0 Å². The lowest BCUT2D eigenvalue weighted by atomic mass is 9.97. The summed E-state index contributed by atoms with van der Waals surface area (Å²) in [6.45, 7) is 19.3. The summed E-state index contributed by atoms with van der Waals surface area (Å²) < 4.78 is 17.9. The van der Waals surface area contributed by atoms with Gasteiger partial charge in [0.05, 0.1) is 12.0 Å². The second-order valence-electron chi connectivity index (χ2n) is 9.23. The van der Waals surface area contributed by atoms with E-state index in [9.17, 15) is 4.79 Å². The van der Waals surface area contributed by atoms with Crippen molar-refractivity contribution in [3.05, 3.63) is 12.2 Å². The highest BCUT2D eigenvalue weighted by Crippen LogP contribution is 2.37. The Kier molecular flexibility index (Phi) is 6.87. The van der Waals surface area contributed by atoms with Crippen LogP contribution in [0.2, 0.25) is 18.1 Å². The van der Waals surface area contributed by atoms with Gasteiger partial charge in [0.2, 0.25) is 6.29 Å². The number of esters is 1. The van der Waals surface area contributed by atoms with Gasteiger partial charge < -0.3 is 13.9 Å². The van der Waals surface area contributed by atoms with Gasteiger partial charge in [0, 0.05) is 5.92 Å². The van der Waals surface area contributed by atoms with Gasteiger partial charge in [0.15, 0.2) is 8.32 Å². The van der Waals surface area contributed by atoms with E-state index in [1.807, 2.05) is 26.8 Å². The summed E-state index contributed by atoms with van der Waals surface area (Å²) in [7, 11) is -1.82. The summed E-state index contributed by atoms with van der Waals surface area (Å²) in [5.41, 5.74) is -0.532. The zero-order valence-electron chi connectivity index (χ0n) is 16.9. The van der Waals surface area contributed by atoms with Gasteiger partial charge >= 0.3 is 5.97 Å². The minimum Gasteiger partial charge on any atom is -0.435 e. The van der Waals surface area contributed by atoms with Gasteiger partial charge in [-0.2, -0.15) is 0 Å². The van der Waals surface area contributed by atoms with E-state index in [2.05, 4.69) is 46.9 Å². The van der Waals surface area contributed by atoms with Gasteiger partial charge in [-0.1, -0.05) is 39.8 Å². The molecule has 24 heavy (non-hydrogen) atoms.